The van der Waals surface area contributed by atoms with E-state index in [1.165, 1.54) is 6.92 Å². The van der Waals surface area contributed by atoms with E-state index in [0.717, 1.165) is 5.56 Å². The minimum atomic E-state index is -0.535. The molecule has 0 aliphatic heterocycles. The first kappa shape index (κ1) is 9.84. The van der Waals surface area contributed by atoms with Gasteiger partial charge in [0.1, 0.15) is 5.60 Å². The van der Waals surface area contributed by atoms with Crippen molar-refractivity contribution in [1.82, 2.24) is 4.57 Å². The average molecular weight is 181 g/mol. The van der Waals surface area contributed by atoms with Crippen molar-refractivity contribution in [3.8, 4) is 0 Å². The van der Waals surface area contributed by atoms with Crippen molar-refractivity contribution in [3.05, 3.63) is 24.0 Å². The minimum absolute atomic E-state index is 0.256. The largest absolute Gasteiger partial charge is 0.455 e. The van der Waals surface area contributed by atoms with Crippen molar-refractivity contribution in [3.63, 3.8) is 0 Å². The summed E-state index contributed by atoms with van der Waals surface area (Å²) >= 11 is 0. The van der Waals surface area contributed by atoms with Crippen LogP contribution in [0.1, 0.15) is 26.3 Å². The SMILES string of the molecule is CC(=O)OC(C)(C)c1ccn(C)c1. The van der Waals surface area contributed by atoms with Crippen molar-refractivity contribution in [2.75, 3.05) is 0 Å². The third kappa shape index (κ3) is 2.34. The Hall–Kier alpha value is -1.25. The van der Waals surface area contributed by atoms with Gasteiger partial charge in [-0.25, -0.2) is 0 Å². The van der Waals surface area contributed by atoms with Gasteiger partial charge in [0.25, 0.3) is 0 Å². The molecule has 0 aliphatic carbocycles. The van der Waals surface area contributed by atoms with Gasteiger partial charge in [-0.3, -0.25) is 4.79 Å². The lowest BCUT2D eigenvalue weighted by Gasteiger charge is -2.23. The lowest BCUT2D eigenvalue weighted by molar-refractivity contribution is -0.154. The summed E-state index contributed by atoms with van der Waals surface area (Å²) in [7, 11) is 1.94. The fourth-order valence-electron chi connectivity index (χ4n) is 1.28. The Balaban J connectivity index is 2.86. The molecule has 0 amide bonds. The van der Waals surface area contributed by atoms with Gasteiger partial charge in [0.15, 0.2) is 0 Å². The zero-order valence-electron chi connectivity index (χ0n) is 8.50. The Morgan fingerprint density at radius 1 is 1.54 bits per heavy atom. The van der Waals surface area contributed by atoms with Gasteiger partial charge in [-0.2, -0.15) is 0 Å². The molecule has 0 aromatic carbocycles. The van der Waals surface area contributed by atoms with Gasteiger partial charge >= 0.3 is 5.97 Å². The summed E-state index contributed by atoms with van der Waals surface area (Å²) in [5.41, 5.74) is 0.470. The van der Waals surface area contributed by atoms with E-state index < -0.39 is 5.60 Å². The lowest BCUT2D eigenvalue weighted by atomic mass is 10.0. The monoisotopic (exact) mass is 181 g/mol. The molecular formula is C10H15NO2. The first-order valence-corrected chi connectivity index (χ1v) is 4.24. The molecule has 3 heteroatoms. The molecule has 0 atom stereocenters. The number of carbonyl (C=O) groups excluding carboxylic acids is 1. The van der Waals surface area contributed by atoms with Crippen LogP contribution in [-0.4, -0.2) is 10.5 Å². The van der Waals surface area contributed by atoms with Gasteiger partial charge in [0.2, 0.25) is 0 Å². The summed E-state index contributed by atoms with van der Waals surface area (Å²) in [5.74, 6) is -0.256. The predicted molar refractivity (Wildman–Crippen MR) is 50.2 cm³/mol. The maximum absolute atomic E-state index is 10.8. The number of nitrogens with zero attached hydrogens (tertiary/aromatic N) is 1. The van der Waals surface area contributed by atoms with Gasteiger partial charge in [-0.05, 0) is 19.9 Å². The molecule has 0 bridgehead atoms. The quantitative estimate of drug-likeness (QED) is 0.652. The molecule has 1 heterocycles. The lowest BCUT2D eigenvalue weighted by Crippen LogP contribution is -2.23. The third-order valence-electron chi connectivity index (χ3n) is 1.93. The zero-order valence-corrected chi connectivity index (χ0v) is 8.50. The van der Waals surface area contributed by atoms with Crippen LogP contribution < -0.4 is 0 Å². The number of hydrogen-bond acceptors (Lipinski definition) is 2. The molecule has 0 spiro atoms. The fraction of sp³-hybridized carbons (Fsp3) is 0.500. The van der Waals surface area contributed by atoms with Crippen LogP contribution in [0.2, 0.25) is 0 Å². The molecule has 0 aliphatic rings. The van der Waals surface area contributed by atoms with Gasteiger partial charge < -0.3 is 9.30 Å². The number of aryl methyl sites for hydroxylation is 1. The predicted octanol–water partition coefficient (Wildman–Crippen LogP) is 1.82. The molecule has 0 saturated carbocycles. The van der Waals surface area contributed by atoms with Gasteiger partial charge in [0.05, 0.1) is 0 Å². The van der Waals surface area contributed by atoms with E-state index in [-0.39, 0.29) is 5.97 Å². The van der Waals surface area contributed by atoms with Crippen LogP contribution >= 0.6 is 0 Å². The molecule has 0 radical (unpaired) electrons. The van der Waals surface area contributed by atoms with Gasteiger partial charge in [0, 0.05) is 31.9 Å². The molecule has 0 fully saturated rings. The Bertz CT molecular complexity index is 312. The van der Waals surface area contributed by atoms with E-state index in [2.05, 4.69) is 0 Å². The highest BCUT2D eigenvalue weighted by atomic mass is 16.6. The van der Waals surface area contributed by atoms with E-state index >= 15 is 0 Å². The summed E-state index contributed by atoms with van der Waals surface area (Å²) in [6.07, 6.45) is 3.88. The number of hydrogen-bond donors (Lipinski definition) is 0. The van der Waals surface area contributed by atoms with E-state index in [1.807, 2.05) is 43.9 Å². The van der Waals surface area contributed by atoms with Gasteiger partial charge in [-0.15, -0.1) is 0 Å². The molecular weight excluding hydrogens is 166 g/mol. The van der Waals surface area contributed by atoms with Crippen molar-refractivity contribution in [2.24, 2.45) is 7.05 Å². The topological polar surface area (TPSA) is 31.2 Å². The number of carbonyl (C=O) groups is 1. The van der Waals surface area contributed by atoms with Crippen LogP contribution in [0.25, 0.3) is 0 Å². The van der Waals surface area contributed by atoms with E-state index in [4.69, 9.17) is 4.74 Å². The second-order valence-electron chi connectivity index (χ2n) is 3.67. The molecule has 1 rings (SSSR count). The molecule has 0 saturated heterocycles. The van der Waals surface area contributed by atoms with E-state index in [1.54, 1.807) is 0 Å². The summed E-state index contributed by atoms with van der Waals surface area (Å²) in [5, 5.41) is 0. The third-order valence-corrected chi connectivity index (χ3v) is 1.93. The van der Waals surface area contributed by atoms with Crippen LogP contribution in [0.5, 0.6) is 0 Å². The molecule has 1 aromatic heterocycles. The maximum atomic E-state index is 10.8. The molecule has 0 N–H and O–H groups in total. The molecule has 72 valence electrons. The highest BCUT2D eigenvalue weighted by molar-refractivity contribution is 5.66. The maximum Gasteiger partial charge on any atom is 0.303 e. The van der Waals surface area contributed by atoms with Crippen molar-refractivity contribution >= 4 is 5.97 Å². The van der Waals surface area contributed by atoms with E-state index in [0.29, 0.717) is 0 Å². The summed E-state index contributed by atoms with van der Waals surface area (Å²) in [6, 6.07) is 1.95. The Morgan fingerprint density at radius 2 is 2.15 bits per heavy atom. The highest BCUT2D eigenvalue weighted by Crippen LogP contribution is 2.24. The zero-order chi connectivity index (χ0) is 10.1. The molecule has 1 aromatic rings. The second-order valence-corrected chi connectivity index (χ2v) is 3.67. The fourth-order valence-corrected chi connectivity index (χ4v) is 1.28. The first-order chi connectivity index (χ1) is 5.92. The standard InChI is InChI=1S/C10H15NO2/c1-8(12)13-10(2,3)9-5-6-11(4)7-9/h5-7H,1-4H3. The Kier molecular flexibility index (Phi) is 2.45. The van der Waals surface area contributed by atoms with Crippen molar-refractivity contribution in [1.29, 1.82) is 0 Å². The number of ether oxygens (including phenoxy) is 1. The van der Waals surface area contributed by atoms with Crippen LogP contribution in [0, 0.1) is 0 Å². The molecule has 3 nitrogen and oxygen atoms in total. The van der Waals surface area contributed by atoms with Gasteiger partial charge in [-0.1, -0.05) is 0 Å². The number of rotatable bonds is 2. The average Bonchev–Trinajstić information content (AvgIpc) is 2.32. The number of aromatic nitrogens is 1. The summed E-state index contributed by atoms with van der Waals surface area (Å²) in [4.78, 5) is 10.8. The van der Waals surface area contributed by atoms with Crippen molar-refractivity contribution < 1.29 is 9.53 Å². The van der Waals surface area contributed by atoms with Crippen LogP contribution in [0.3, 0.4) is 0 Å². The normalized spacial score (nSPS) is 11.4. The number of esters is 1. The van der Waals surface area contributed by atoms with Crippen LogP contribution in [0.15, 0.2) is 18.5 Å². The first-order valence-electron chi connectivity index (χ1n) is 4.24. The summed E-state index contributed by atoms with van der Waals surface area (Å²) < 4.78 is 7.12. The van der Waals surface area contributed by atoms with E-state index in [9.17, 15) is 4.79 Å². The Labute approximate surface area is 78.3 Å². The Morgan fingerprint density at radius 3 is 2.54 bits per heavy atom. The van der Waals surface area contributed by atoms with Crippen molar-refractivity contribution in [2.45, 2.75) is 26.4 Å². The smallest absolute Gasteiger partial charge is 0.303 e. The molecule has 0 unspecified atom stereocenters. The second kappa shape index (κ2) is 3.24. The van der Waals surface area contributed by atoms with Crippen LogP contribution in [-0.2, 0) is 22.2 Å². The minimum Gasteiger partial charge on any atom is -0.455 e. The highest BCUT2D eigenvalue weighted by Gasteiger charge is 2.24. The summed E-state index contributed by atoms with van der Waals surface area (Å²) in [6.45, 7) is 5.18. The van der Waals surface area contributed by atoms with Crippen LogP contribution in [0.4, 0.5) is 0 Å². The molecule has 13 heavy (non-hydrogen) atoms.